The van der Waals surface area contributed by atoms with Gasteiger partial charge >= 0.3 is 0 Å². The number of likely N-dealkylation sites (N-methyl/N-ethyl adjacent to an activating group) is 1. The summed E-state index contributed by atoms with van der Waals surface area (Å²) >= 11 is 0. The molecule has 1 fully saturated rings. The minimum Gasteiger partial charge on any atom is -0.304 e. The van der Waals surface area contributed by atoms with Gasteiger partial charge in [-0.1, -0.05) is 18.6 Å². The molecule has 0 aromatic heterocycles. The van der Waals surface area contributed by atoms with Crippen LogP contribution in [-0.2, 0) is 0 Å². The molecule has 2 nitrogen and oxygen atoms in total. The lowest BCUT2D eigenvalue weighted by molar-refractivity contribution is 0.104. The number of hydrogen-bond acceptors (Lipinski definition) is 2. The third kappa shape index (κ3) is 2.82. The van der Waals surface area contributed by atoms with Crippen LogP contribution in [0.2, 0.25) is 0 Å². The van der Waals surface area contributed by atoms with E-state index in [2.05, 4.69) is 29.8 Å². The highest BCUT2D eigenvalue weighted by Gasteiger charge is 2.24. The summed E-state index contributed by atoms with van der Waals surface area (Å²) in [5.74, 6) is 0. The lowest BCUT2D eigenvalue weighted by Gasteiger charge is -2.39. The fourth-order valence-electron chi connectivity index (χ4n) is 2.76. The largest absolute Gasteiger partial charge is 0.304 e. The average Bonchev–Trinajstić information content (AvgIpc) is 2.30. The summed E-state index contributed by atoms with van der Waals surface area (Å²) in [7, 11) is 2.23. The molecule has 0 aromatic rings. The molecule has 0 bridgehead atoms. The molecule has 1 aliphatic carbocycles. The topological polar surface area (TPSA) is 6.48 Å². The molecule has 86 valence electrons. The normalized spacial score (nSPS) is 30.3. The first-order valence-corrected chi connectivity index (χ1v) is 6.40. The molecule has 2 aliphatic rings. The minimum absolute atomic E-state index is 0.846. The summed E-state index contributed by atoms with van der Waals surface area (Å²) in [6.07, 6.45) is 7.74. The van der Waals surface area contributed by atoms with Gasteiger partial charge in [0.25, 0.3) is 0 Å². The van der Waals surface area contributed by atoms with Crippen LogP contribution >= 0.6 is 0 Å². The van der Waals surface area contributed by atoms with Crippen LogP contribution in [0.3, 0.4) is 0 Å². The van der Waals surface area contributed by atoms with E-state index in [0.717, 1.165) is 6.04 Å². The van der Waals surface area contributed by atoms with Crippen molar-refractivity contribution in [2.45, 2.75) is 38.6 Å². The van der Waals surface area contributed by atoms with Gasteiger partial charge in [0.2, 0.25) is 0 Å². The predicted octanol–water partition coefficient (Wildman–Crippen LogP) is 2.12. The van der Waals surface area contributed by atoms with Gasteiger partial charge in [-0.05, 0) is 32.7 Å². The van der Waals surface area contributed by atoms with E-state index in [0.29, 0.717) is 0 Å². The molecule has 0 saturated carbocycles. The van der Waals surface area contributed by atoms with Gasteiger partial charge < -0.3 is 4.90 Å². The van der Waals surface area contributed by atoms with Gasteiger partial charge in [0.05, 0.1) is 0 Å². The smallest absolute Gasteiger partial charge is 0.0136 e. The molecule has 1 atom stereocenters. The first-order valence-electron chi connectivity index (χ1n) is 6.40. The first-order chi connectivity index (χ1) is 7.29. The fraction of sp³-hybridized carbons (Fsp3) is 0.846. The van der Waals surface area contributed by atoms with Crippen LogP contribution < -0.4 is 0 Å². The summed E-state index contributed by atoms with van der Waals surface area (Å²) < 4.78 is 0. The summed E-state index contributed by atoms with van der Waals surface area (Å²) in [5, 5.41) is 0. The van der Waals surface area contributed by atoms with E-state index in [1.54, 1.807) is 5.57 Å². The first kappa shape index (κ1) is 11.2. The Morgan fingerprint density at radius 2 is 2.00 bits per heavy atom. The highest BCUT2D eigenvalue weighted by atomic mass is 15.3. The van der Waals surface area contributed by atoms with Crippen LogP contribution in [0.15, 0.2) is 11.6 Å². The maximum atomic E-state index is 2.71. The van der Waals surface area contributed by atoms with E-state index < -0.39 is 0 Å². The number of hydrogen-bond donors (Lipinski definition) is 0. The molecule has 0 amide bonds. The van der Waals surface area contributed by atoms with Crippen LogP contribution in [0.5, 0.6) is 0 Å². The Morgan fingerprint density at radius 1 is 1.27 bits per heavy atom. The molecular weight excluding hydrogens is 184 g/mol. The molecule has 1 unspecified atom stereocenters. The van der Waals surface area contributed by atoms with Gasteiger partial charge in [0.1, 0.15) is 0 Å². The van der Waals surface area contributed by atoms with Crippen molar-refractivity contribution in [3.8, 4) is 0 Å². The fourth-order valence-corrected chi connectivity index (χ4v) is 2.76. The summed E-state index contributed by atoms with van der Waals surface area (Å²) in [6, 6.07) is 0.846. The molecule has 0 spiro atoms. The summed E-state index contributed by atoms with van der Waals surface area (Å²) in [5.41, 5.74) is 1.69. The Kier molecular flexibility index (Phi) is 3.81. The van der Waals surface area contributed by atoms with E-state index in [4.69, 9.17) is 0 Å². The monoisotopic (exact) mass is 208 g/mol. The Hall–Kier alpha value is -0.340. The van der Waals surface area contributed by atoms with Crippen molar-refractivity contribution in [2.75, 3.05) is 33.2 Å². The van der Waals surface area contributed by atoms with E-state index in [9.17, 15) is 0 Å². The molecule has 1 saturated heterocycles. The van der Waals surface area contributed by atoms with Crippen molar-refractivity contribution in [3.05, 3.63) is 11.6 Å². The maximum Gasteiger partial charge on any atom is 0.0136 e. The van der Waals surface area contributed by atoms with Crippen LogP contribution in [0.25, 0.3) is 0 Å². The van der Waals surface area contributed by atoms with Gasteiger partial charge in [0.15, 0.2) is 0 Å². The zero-order valence-corrected chi connectivity index (χ0v) is 10.2. The number of piperazine rings is 1. The van der Waals surface area contributed by atoms with E-state index in [-0.39, 0.29) is 0 Å². The molecule has 0 aromatic carbocycles. The van der Waals surface area contributed by atoms with Crippen LogP contribution in [0, 0.1) is 0 Å². The Labute approximate surface area is 93.9 Å². The highest BCUT2D eigenvalue weighted by molar-refractivity contribution is 5.08. The van der Waals surface area contributed by atoms with Crippen LogP contribution in [0.4, 0.5) is 0 Å². The molecule has 0 radical (unpaired) electrons. The quantitative estimate of drug-likeness (QED) is 0.641. The van der Waals surface area contributed by atoms with E-state index >= 15 is 0 Å². The van der Waals surface area contributed by atoms with E-state index in [1.807, 2.05) is 0 Å². The van der Waals surface area contributed by atoms with E-state index in [1.165, 1.54) is 51.9 Å². The lowest BCUT2D eigenvalue weighted by Crippen LogP contribution is -2.49. The van der Waals surface area contributed by atoms with Crippen LogP contribution in [0.1, 0.15) is 32.6 Å². The zero-order chi connectivity index (χ0) is 10.7. The second-order valence-corrected chi connectivity index (χ2v) is 4.99. The lowest BCUT2D eigenvalue weighted by atomic mass is 9.92. The van der Waals surface area contributed by atoms with Crippen molar-refractivity contribution >= 4 is 0 Å². The van der Waals surface area contributed by atoms with Crippen molar-refractivity contribution in [1.29, 1.82) is 0 Å². The van der Waals surface area contributed by atoms with Crippen molar-refractivity contribution in [2.24, 2.45) is 0 Å². The SMILES string of the molecule is CCC1=CCCC(N2CCN(C)CC2)C1. The van der Waals surface area contributed by atoms with Crippen molar-refractivity contribution < 1.29 is 0 Å². The third-order valence-electron chi connectivity index (χ3n) is 3.94. The molecule has 1 aliphatic heterocycles. The Bertz CT molecular complexity index is 227. The molecule has 2 heteroatoms. The molecule has 0 N–H and O–H groups in total. The standard InChI is InChI=1S/C13H24N2/c1-3-12-5-4-6-13(11-12)15-9-7-14(2)8-10-15/h5,13H,3-4,6-11H2,1-2H3. The van der Waals surface area contributed by atoms with Crippen LogP contribution in [-0.4, -0.2) is 49.1 Å². The Morgan fingerprint density at radius 3 is 2.67 bits per heavy atom. The van der Waals surface area contributed by atoms with Gasteiger partial charge in [-0.2, -0.15) is 0 Å². The molecular formula is C13H24N2. The van der Waals surface area contributed by atoms with Crippen molar-refractivity contribution in [3.63, 3.8) is 0 Å². The second kappa shape index (κ2) is 5.13. The summed E-state index contributed by atoms with van der Waals surface area (Å²) in [4.78, 5) is 5.15. The average molecular weight is 208 g/mol. The number of rotatable bonds is 2. The van der Waals surface area contributed by atoms with Crippen molar-refractivity contribution in [1.82, 2.24) is 9.80 Å². The number of allylic oxidation sites excluding steroid dienone is 1. The summed E-state index contributed by atoms with van der Waals surface area (Å²) in [6.45, 7) is 7.35. The third-order valence-corrected chi connectivity index (χ3v) is 3.94. The predicted molar refractivity (Wildman–Crippen MR) is 65.1 cm³/mol. The molecule has 1 heterocycles. The Balaban J connectivity index is 1.86. The molecule has 15 heavy (non-hydrogen) atoms. The molecule has 2 rings (SSSR count). The van der Waals surface area contributed by atoms with Gasteiger partial charge in [0, 0.05) is 32.2 Å². The van der Waals surface area contributed by atoms with Gasteiger partial charge in [-0.3, -0.25) is 4.90 Å². The highest BCUT2D eigenvalue weighted by Crippen LogP contribution is 2.25. The minimum atomic E-state index is 0.846. The second-order valence-electron chi connectivity index (χ2n) is 4.99. The maximum absolute atomic E-state index is 2.71. The zero-order valence-electron chi connectivity index (χ0n) is 10.2. The number of nitrogens with zero attached hydrogens (tertiary/aromatic N) is 2. The van der Waals surface area contributed by atoms with Gasteiger partial charge in [-0.25, -0.2) is 0 Å². The van der Waals surface area contributed by atoms with Gasteiger partial charge in [-0.15, -0.1) is 0 Å².